The molecule has 0 atom stereocenters. The summed E-state index contributed by atoms with van der Waals surface area (Å²) in [5, 5.41) is 11.4. The van der Waals surface area contributed by atoms with Gasteiger partial charge < -0.3 is 10.2 Å². The van der Waals surface area contributed by atoms with Gasteiger partial charge in [0.15, 0.2) is 5.69 Å². The van der Waals surface area contributed by atoms with Gasteiger partial charge in [-0.15, -0.1) is 0 Å². The number of hydrogen-bond donors (Lipinski definition) is 1. The van der Waals surface area contributed by atoms with E-state index in [0.717, 1.165) is 18.9 Å². The number of anilines is 2. The van der Waals surface area contributed by atoms with Gasteiger partial charge in [0.1, 0.15) is 5.82 Å². The van der Waals surface area contributed by atoms with Gasteiger partial charge in [0.25, 0.3) is 0 Å². The Morgan fingerprint density at radius 1 is 1.43 bits per heavy atom. The van der Waals surface area contributed by atoms with Gasteiger partial charge in [-0.05, 0) is 19.8 Å². The summed E-state index contributed by atoms with van der Waals surface area (Å²) >= 11 is 0. The maximum atomic E-state index is 12.9. The molecule has 5 nitrogen and oxygen atoms in total. The van der Waals surface area contributed by atoms with E-state index in [-0.39, 0.29) is 24.2 Å². The Balaban J connectivity index is 2.35. The van der Waals surface area contributed by atoms with E-state index in [1.807, 2.05) is 6.07 Å². The van der Waals surface area contributed by atoms with Crippen LogP contribution in [0.4, 0.5) is 24.9 Å². The van der Waals surface area contributed by atoms with Crippen LogP contribution in [-0.2, 0) is 6.18 Å². The van der Waals surface area contributed by atoms with E-state index in [4.69, 9.17) is 5.26 Å². The molecular formula is C13H16F3N5. The molecule has 0 aliphatic heterocycles. The summed E-state index contributed by atoms with van der Waals surface area (Å²) in [6.45, 7) is 2.57. The minimum absolute atomic E-state index is 0.0371. The van der Waals surface area contributed by atoms with Gasteiger partial charge in [0, 0.05) is 25.2 Å². The first-order valence-corrected chi connectivity index (χ1v) is 6.79. The molecule has 0 unspecified atom stereocenters. The number of nitrogens with zero attached hydrogens (tertiary/aromatic N) is 4. The summed E-state index contributed by atoms with van der Waals surface area (Å²) in [4.78, 5) is 9.41. The Bertz CT molecular complexity index is 534. The summed E-state index contributed by atoms with van der Waals surface area (Å²) in [5.41, 5.74) is -0.967. The maximum Gasteiger partial charge on any atom is 0.433 e. The second-order valence-corrected chi connectivity index (χ2v) is 4.80. The Kier molecular flexibility index (Phi) is 4.50. The molecule has 8 heteroatoms. The molecule has 0 saturated heterocycles. The molecule has 0 amide bonds. The Labute approximate surface area is 120 Å². The van der Waals surface area contributed by atoms with E-state index >= 15 is 0 Å². The van der Waals surface area contributed by atoms with Crippen molar-refractivity contribution in [3.63, 3.8) is 0 Å². The van der Waals surface area contributed by atoms with Crippen molar-refractivity contribution in [2.24, 2.45) is 0 Å². The van der Waals surface area contributed by atoms with Crippen LogP contribution in [0.1, 0.15) is 31.9 Å². The molecule has 1 N–H and O–H groups in total. The van der Waals surface area contributed by atoms with Crippen LogP contribution in [0.3, 0.4) is 0 Å². The summed E-state index contributed by atoms with van der Waals surface area (Å²) < 4.78 is 38.8. The first kappa shape index (κ1) is 15.4. The highest BCUT2D eigenvalue weighted by molar-refractivity contribution is 5.47. The monoisotopic (exact) mass is 299 g/mol. The Morgan fingerprint density at radius 2 is 2.14 bits per heavy atom. The van der Waals surface area contributed by atoms with Gasteiger partial charge in [0.2, 0.25) is 5.95 Å². The zero-order chi connectivity index (χ0) is 15.5. The third-order valence-electron chi connectivity index (χ3n) is 3.08. The average molecular weight is 299 g/mol. The van der Waals surface area contributed by atoms with Crippen LogP contribution in [0.2, 0.25) is 0 Å². The lowest BCUT2D eigenvalue weighted by atomic mass is 10.3. The number of hydrogen-bond acceptors (Lipinski definition) is 5. The van der Waals surface area contributed by atoms with Crippen molar-refractivity contribution in [3.05, 3.63) is 11.8 Å². The average Bonchev–Trinajstić information content (AvgIpc) is 3.23. The molecule has 1 heterocycles. The van der Waals surface area contributed by atoms with Crippen molar-refractivity contribution in [2.45, 2.75) is 38.4 Å². The summed E-state index contributed by atoms with van der Waals surface area (Å²) in [7, 11) is 0. The molecule has 21 heavy (non-hydrogen) atoms. The van der Waals surface area contributed by atoms with Crippen molar-refractivity contribution >= 4 is 11.8 Å². The lowest BCUT2D eigenvalue weighted by Crippen LogP contribution is -2.28. The van der Waals surface area contributed by atoms with E-state index in [9.17, 15) is 13.2 Å². The molecule has 1 aromatic heterocycles. The highest BCUT2D eigenvalue weighted by Gasteiger charge is 2.36. The number of rotatable bonds is 6. The van der Waals surface area contributed by atoms with Crippen molar-refractivity contribution < 1.29 is 13.2 Å². The van der Waals surface area contributed by atoms with E-state index < -0.39 is 11.9 Å². The topological polar surface area (TPSA) is 64.8 Å². The van der Waals surface area contributed by atoms with Gasteiger partial charge >= 0.3 is 6.18 Å². The minimum atomic E-state index is -4.52. The van der Waals surface area contributed by atoms with Gasteiger partial charge in [-0.1, -0.05) is 0 Å². The lowest BCUT2D eigenvalue weighted by Gasteiger charge is -2.23. The molecule has 1 aliphatic rings. The third kappa shape index (κ3) is 3.97. The Hall–Kier alpha value is -2.04. The van der Waals surface area contributed by atoms with E-state index in [1.165, 1.54) is 0 Å². The molecule has 1 fully saturated rings. The van der Waals surface area contributed by atoms with Crippen LogP contribution in [0.25, 0.3) is 0 Å². The van der Waals surface area contributed by atoms with E-state index in [0.29, 0.717) is 13.1 Å². The normalized spacial score (nSPS) is 14.6. The standard InChI is InChI=1S/C13H16F3N5/c1-2-18-12-19-10(13(14,15)16)8-11(20-12)21(7-3-6-17)9-4-5-9/h8-9H,2-5,7H2,1H3,(H,18,19,20). The van der Waals surface area contributed by atoms with Gasteiger partial charge in [-0.3, -0.25) is 0 Å². The maximum absolute atomic E-state index is 12.9. The van der Waals surface area contributed by atoms with Crippen molar-refractivity contribution in [1.29, 1.82) is 5.26 Å². The predicted octanol–water partition coefficient (Wildman–Crippen LogP) is 2.81. The van der Waals surface area contributed by atoms with Gasteiger partial charge in [0.05, 0.1) is 12.5 Å². The summed E-state index contributed by atoms with van der Waals surface area (Å²) in [5.74, 6) is 0.191. The number of aromatic nitrogens is 2. The van der Waals surface area contributed by atoms with Crippen molar-refractivity contribution in [2.75, 3.05) is 23.3 Å². The molecule has 114 valence electrons. The lowest BCUT2D eigenvalue weighted by molar-refractivity contribution is -0.141. The molecule has 0 spiro atoms. The second kappa shape index (κ2) is 6.16. The molecule has 1 aromatic rings. The highest BCUT2D eigenvalue weighted by atomic mass is 19.4. The number of nitriles is 1. The van der Waals surface area contributed by atoms with Crippen LogP contribution in [0.15, 0.2) is 6.07 Å². The zero-order valence-electron chi connectivity index (χ0n) is 11.6. The zero-order valence-corrected chi connectivity index (χ0v) is 11.6. The molecule has 0 bridgehead atoms. The predicted molar refractivity (Wildman–Crippen MR) is 71.8 cm³/mol. The fraction of sp³-hybridized carbons (Fsp3) is 0.615. The quantitative estimate of drug-likeness (QED) is 0.875. The highest BCUT2D eigenvalue weighted by Crippen LogP contribution is 2.35. The number of nitrogens with one attached hydrogen (secondary N) is 1. The second-order valence-electron chi connectivity index (χ2n) is 4.80. The SMILES string of the molecule is CCNc1nc(N(CCC#N)C2CC2)cc(C(F)(F)F)n1. The van der Waals surface area contributed by atoms with Crippen LogP contribution in [-0.4, -0.2) is 29.1 Å². The summed E-state index contributed by atoms with van der Waals surface area (Å²) in [6, 6.07) is 3.14. The van der Waals surface area contributed by atoms with Crippen molar-refractivity contribution in [3.8, 4) is 6.07 Å². The fourth-order valence-corrected chi connectivity index (χ4v) is 2.00. The van der Waals surface area contributed by atoms with E-state index in [2.05, 4.69) is 15.3 Å². The number of halogens is 3. The molecular weight excluding hydrogens is 283 g/mol. The van der Waals surface area contributed by atoms with Crippen LogP contribution in [0.5, 0.6) is 0 Å². The molecule has 1 saturated carbocycles. The summed E-state index contributed by atoms with van der Waals surface area (Å²) in [6.07, 6.45) is -2.45. The van der Waals surface area contributed by atoms with Crippen LogP contribution in [0, 0.1) is 11.3 Å². The smallest absolute Gasteiger partial charge is 0.354 e. The molecule has 0 aromatic carbocycles. The first-order chi connectivity index (χ1) is 9.95. The van der Waals surface area contributed by atoms with Crippen LogP contribution < -0.4 is 10.2 Å². The van der Waals surface area contributed by atoms with Crippen molar-refractivity contribution in [1.82, 2.24) is 9.97 Å². The molecule has 0 radical (unpaired) electrons. The van der Waals surface area contributed by atoms with E-state index in [1.54, 1.807) is 11.8 Å². The first-order valence-electron chi connectivity index (χ1n) is 6.79. The molecule has 2 rings (SSSR count). The number of alkyl halides is 3. The largest absolute Gasteiger partial charge is 0.433 e. The molecule has 1 aliphatic carbocycles. The fourth-order valence-electron chi connectivity index (χ4n) is 2.00. The third-order valence-corrected chi connectivity index (χ3v) is 3.08. The van der Waals surface area contributed by atoms with Crippen LogP contribution >= 0.6 is 0 Å². The van der Waals surface area contributed by atoms with Gasteiger partial charge in [-0.25, -0.2) is 4.98 Å². The van der Waals surface area contributed by atoms with Gasteiger partial charge in [-0.2, -0.15) is 23.4 Å². The minimum Gasteiger partial charge on any atom is -0.354 e. The Morgan fingerprint density at radius 3 is 2.67 bits per heavy atom.